The highest BCUT2D eigenvalue weighted by molar-refractivity contribution is 5.76. The standard InChI is InChI=1S/C21H30N4O3/c1-3-8-19-23-21(28-24-19)12-11-20(26)22-15-17(25-13-6-7-14-25)16-9-4-5-10-18(16)27-2/h4-5,9-10,17H,3,6-8,11-15H2,1-2H3,(H,22,26). The van der Waals surface area contributed by atoms with Gasteiger partial charge in [-0.2, -0.15) is 4.98 Å². The van der Waals surface area contributed by atoms with Crippen molar-refractivity contribution in [2.45, 2.75) is 51.5 Å². The molecule has 1 fully saturated rings. The van der Waals surface area contributed by atoms with E-state index in [0.717, 1.165) is 37.2 Å². The van der Waals surface area contributed by atoms with E-state index in [-0.39, 0.29) is 11.9 Å². The zero-order valence-electron chi connectivity index (χ0n) is 16.8. The van der Waals surface area contributed by atoms with Crippen molar-refractivity contribution in [1.29, 1.82) is 0 Å². The molecule has 1 aliphatic heterocycles. The molecule has 0 bridgehead atoms. The van der Waals surface area contributed by atoms with Crippen molar-refractivity contribution in [3.05, 3.63) is 41.5 Å². The van der Waals surface area contributed by atoms with Gasteiger partial charge in [0.25, 0.3) is 0 Å². The normalized spacial score (nSPS) is 15.5. The van der Waals surface area contributed by atoms with E-state index in [4.69, 9.17) is 9.26 Å². The molecule has 0 radical (unpaired) electrons. The van der Waals surface area contributed by atoms with Gasteiger partial charge in [-0.3, -0.25) is 9.69 Å². The summed E-state index contributed by atoms with van der Waals surface area (Å²) in [7, 11) is 1.69. The fourth-order valence-corrected chi connectivity index (χ4v) is 3.67. The van der Waals surface area contributed by atoms with Gasteiger partial charge in [-0.15, -0.1) is 0 Å². The highest BCUT2D eigenvalue weighted by Crippen LogP contribution is 2.31. The first-order valence-electron chi connectivity index (χ1n) is 10.2. The molecule has 28 heavy (non-hydrogen) atoms. The summed E-state index contributed by atoms with van der Waals surface area (Å²) in [5.74, 6) is 2.10. The third-order valence-electron chi connectivity index (χ3n) is 5.12. The minimum absolute atomic E-state index is 0.00524. The Bertz CT molecular complexity index is 756. The number of carbonyl (C=O) groups is 1. The molecule has 0 saturated carbocycles. The number of para-hydroxylation sites is 1. The molecule has 1 amide bonds. The van der Waals surface area contributed by atoms with Gasteiger partial charge >= 0.3 is 0 Å². The minimum atomic E-state index is -0.00524. The number of amides is 1. The topological polar surface area (TPSA) is 80.5 Å². The molecule has 1 aromatic carbocycles. The van der Waals surface area contributed by atoms with Crippen LogP contribution in [0.5, 0.6) is 5.75 Å². The van der Waals surface area contributed by atoms with Gasteiger partial charge in [-0.25, -0.2) is 0 Å². The Balaban J connectivity index is 1.57. The van der Waals surface area contributed by atoms with E-state index < -0.39 is 0 Å². The molecule has 1 aromatic heterocycles. The molecule has 1 saturated heterocycles. The molecule has 152 valence electrons. The number of likely N-dealkylation sites (tertiary alicyclic amines) is 1. The number of hydrogen-bond donors (Lipinski definition) is 1. The highest BCUT2D eigenvalue weighted by Gasteiger charge is 2.26. The molecule has 0 aliphatic carbocycles. The summed E-state index contributed by atoms with van der Waals surface area (Å²) in [4.78, 5) is 19.1. The lowest BCUT2D eigenvalue weighted by molar-refractivity contribution is -0.121. The van der Waals surface area contributed by atoms with Crippen molar-refractivity contribution in [3.8, 4) is 5.75 Å². The molecule has 7 heteroatoms. The number of carbonyl (C=O) groups excluding carboxylic acids is 1. The smallest absolute Gasteiger partial charge is 0.227 e. The van der Waals surface area contributed by atoms with E-state index in [1.807, 2.05) is 18.2 Å². The molecule has 1 unspecified atom stereocenters. The van der Waals surface area contributed by atoms with Gasteiger partial charge in [-0.1, -0.05) is 30.3 Å². The maximum absolute atomic E-state index is 12.4. The molecule has 2 aromatic rings. The summed E-state index contributed by atoms with van der Waals surface area (Å²) in [6, 6.07) is 8.17. The SMILES string of the molecule is CCCc1noc(CCC(=O)NCC(c2ccccc2OC)N2CCCC2)n1. The number of aromatic nitrogens is 2. The lowest BCUT2D eigenvalue weighted by Crippen LogP contribution is -2.37. The molecule has 1 aliphatic rings. The van der Waals surface area contributed by atoms with Crippen molar-refractivity contribution in [3.63, 3.8) is 0 Å². The van der Waals surface area contributed by atoms with Crippen LogP contribution in [0.2, 0.25) is 0 Å². The van der Waals surface area contributed by atoms with Crippen LogP contribution < -0.4 is 10.1 Å². The summed E-state index contributed by atoms with van der Waals surface area (Å²) in [6.07, 6.45) is 4.96. The molecule has 2 heterocycles. The molecular weight excluding hydrogens is 356 g/mol. The lowest BCUT2D eigenvalue weighted by Gasteiger charge is -2.29. The zero-order valence-corrected chi connectivity index (χ0v) is 16.8. The first-order chi connectivity index (χ1) is 13.7. The van der Waals surface area contributed by atoms with Gasteiger partial charge in [0.05, 0.1) is 13.2 Å². The molecule has 0 spiro atoms. The number of nitrogens with one attached hydrogen (secondary N) is 1. The second kappa shape index (κ2) is 10.2. The summed E-state index contributed by atoms with van der Waals surface area (Å²) < 4.78 is 10.8. The molecular formula is C21H30N4O3. The zero-order chi connectivity index (χ0) is 19.8. The second-order valence-corrected chi connectivity index (χ2v) is 7.16. The van der Waals surface area contributed by atoms with Gasteiger partial charge in [-0.05, 0) is 38.4 Å². The van der Waals surface area contributed by atoms with Crippen LogP contribution in [0.1, 0.15) is 55.9 Å². The predicted molar refractivity (Wildman–Crippen MR) is 106 cm³/mol. The predicted octanol–water partition coefficient (Wildman–Crippen LogP) is 2.92. The fourth-order valence-electron chi connectivity index (χ4n) is 3.67. The summed E-state index contributed by atoms with van der Waals surface area (Å²) in [6.45, 7) is 4.72. The van der Waals surface area contributed by atoms with Crippen molar-refractivity contribution in [2.75, 3.05) is 26.7 Å². The van der Waals surface area contributed by atoms with Gasteiger partial charge in [0.1, 0.15) is 5.75 Å². The van der Waals surface area contributed by atoms with Crippen LogP contribution in [0.25, 0.3) is 0 Å². The fraction of sp³-hybridized carbons (Fsp3) is 0.571. The van der Waals surface area contributed by atoms with Crippen molar-refractivity contribution < 1.29 is 14.1 Å². The maximum atomic E-state index is 12.4. The Kier molecular flexibility index (Phi) is 7.42. The Morgan fingerprint density at radius 3 is 2.82 bits per heavy atom. The third-order valence-corrected chi connectivity index (χ3v) is 5.12. The molecule has 3 rings (SSSR count). The summed E-state index contributed by atoms with van der Waals surface area (Å²) >= 11 is 0. The van der Waals surface area contributed by atoms with Gasteiger partial charge < -0.3 is 14.6 Å². The molecule has 1 N–H and O–H groups in total. The van der Waals surface area contributed by atoms with E-state index in [0.29, 0.717) is 31.1 Å². The third kappa shape index (κ3) is 5.32. The Morgan fingerprint density at radius 1 is 1.29 bits per heavy atom. The van der Waals surface area contributed by atoms with E-state index >= 15 is 0 Å². The van der Waals surface area contributed by atoms with Crippen LogP contribution in [0.4, 0.5) is 0 Å². The largest absolute Gasteiger partial charge is 0.496 e. The Morgan fingerprint density at radius 2 is 2.07 bits per heavy atom. The van der Waals surface area contributed by atoms with E-state index in [1.165, 1.54) is 12.8 Å². The van der Waals surface area contributed by atoms with Crippen LogP contribution >= 0.6 is 0 Å². The lowest BCUT2D eigenvalue weighted by atomic mass is 10.0. The van der Waals surface area contributed by atoms with Crippen molar-refractivity contribution in [1.82, 2.24) is 20.4 Å². The highest BCUT2D eigenvalue weighted by atomic mass is 16.5. The van der Waals surface area contributed by atoms with E-state index in [9.17, 15) is 4.79 Å². The Labute approximate surface area is 166 Å². The van der Waals surface area contributed by atoms with Crippen LogP contribution in [-0.2, 0) is 17.6 Å². The van der Waals surface area contributed by atoms with Crippen LogP contribution in [0.3, 0.4) is 0 Å². The van der Waals surface area contributed by atoms with E-state index in [1.54, 1.807) is 7.11 Å². The number of aryl methyl sites for hydroxylation is 2. The van der Waals surface area contributed by atoms with Crippen molar-refractivity contribution in [2.24, 2.45) is 0 Å². The van der Waals surface area contributed by atoms with Gasteiger partial charge in [0.15, 0.2) is 5.82 Å². The molecule has 1 atom stereocenters. The Hall–Kier alpha value is -2.41. The average molecular weight is 386 g/mol. The van der Waals surface area contributed by atoms with Crippen LogP contribution in [-0.4, -0.2) is 47.7 Å². The minimum Gasteiger partial charge on any atom is -0.496 e. The number of methoxy groups -OCH3 is 1. The van der Waals surface area contributed by atoms with Crippen LogP contribution in [0.15, 0.2) is 28.8 Å². The monoisotopic (exact) mass is 386 g/mol. The first kappa shape index (κ1) is 20.3. The molecule has 7 nitrogen and oxygen atoms in total. The maximum Gasteiger partial charge on any atom is 0.227 e. The number of ether oxygens (including phenoxy) is 1. The quantitative estimate of drug-likeness (QED) is 0.676. The average Bonchev–Trinajstić information content (AvgIpc) is 3.40. The summed E-state index contributed by atoms with van der Waals surface area (Å²) in [5.41, 5.74) is 1.12. The number of nitrogens with zero attached hydrogens (tertiary/aromatic N) is 3. The van der Waals surface area contributed by atoms with Crippen LogP contribution in [0, 0.1) is 0 Å². The first-order valence-corrected chi connectivity index (χ1v) is 10.2. The number of hydrogen-bond acceptors (Lipinski definition) is 6. The van der Waals surface area contributed by atoms with Gasteiger partial charge in [0.2, 0.25) is 11.8 Å². The number of benzene rings is 1. The van der Waals surface area contributed by atoms with E-state index in [2.05, 4.69) is 33.3 Å². The number of rotatable bonds is 10. The second-order valence-electron chi connectivity index (χ2n) is 7.16. The van der Waals surface area contributed by atoms with Gasteiger partial charge in [0, 0.05) is 31.4 Å². The summed E-state index contributed by atoms with van der Waals surface area (Å²) in [5, 5.41) is 7.02. The van der Waals surface area contributed by atoms with Crippen molar-refractivity contribution >= 4 is 5.91 Å².